The molecule has 0 unspecified atom stereocenters. The number of ether oxygens (including phenoxy) is 1. The summed E-state index contributed by atoms with van der Waals surface area (Å²) in [7, 11) is 0. The van der Waals surface area contributed by atoms with Gasteiger partial charge >= 0.3 is 5.97 Å². The lowest BCUT2D eigenvalue weighted by molar-refractivity contribution is -0.137. The number of hydrogen-bond donors (Lipinski definition) is 1. The van der Waals surface area contributed by atoms with Gasteiger partial charge in [-0.3, -0.25) is 9.78 Å². The second-order valence-electron chi connectivity index (χ2n) is 5.99. The van der Waals surface area contributed by atoms with Crippen LogP contribution in [0.2, 0.25) is 0 Å². The fourth-order valence-corrected chi connectivity index (χ4v) is 2.80. The lowest BCUT2D eigenvalue weighted by Gasteiger charge is -2.11. The molecule has 3 aromatic rings. The van der Waals surface area contributed by atoms with Gasteiger partial charge in [0, 0.05) is 23.2 Å². The van der Waals surface area contributed by atoms with Gasteiger partial charge in [-0.1, -0.05) is 43.0 Å². The number of carbonyl (C=O) groups is 2. The quantitative estimate of drug-likeness (QED) is 0.389. The fraction of sp³-hybridized carbons (Fsp3) is 0.0870. The maximum Gasteiger partial charge on any atom is 0.330 e. The molecule has 0 fully saturated rings. The number of nitrogens with zero attached hydrogens (tertiary/aromatic N) is 1. The molecular weight excluding hydrogens is 352 g/mol. The third kappa shape index (κ3) is 4.32. The van der Waals surface area contributed by atoms with Crippen molar-refractivity contribution in [1.29, 1.82) is 0 Å². The molecule has 0 saturated heterocycles. The van der Waals surface area contributed by atoms with Gasteiger partial charge in [0.1, 0.15) is 0 Å². The van der Waals surface area contributed by atoms with Crippen LogP contribution in [-0.4, -0.2) is 23.5 Å². The van der Waals surface area contributed by atoms with E-state index in [-0.39, 0.29) is 5.91 Å². The number of fused-ring (bicyclic) bond motifs is 1. The molecule has 5 heteroatoms. The minimum atomic E-state index is -0.451. The number of aromatic nitrogens is 1. The molecule has 0 atom stereocenters. The molecule has 0 spiro atoms. The zero-order valence-electron chi connectivity index (χ0n) is 15.5. The Hall–Kier alpha value is -3.73. The monoisotopic (exact) mass is 372 g/mol. The molecule has 0 saturated carbocycles. The maximum absolute atomic E-state index is 12.9. The van der Waals surface area contributed by atoms with E-state index in [1.807, 2.05) is 36.4 Å². The normalized spacial score (nSPS) is 10.8. The van der Waals surface area contributed by atoms with E-state index < -0.39 is 5.97 Å². The Morgan fingerprint density at radius 1 is 1.04 bits per heavy atom. The highest BCUT2D eigenvalue weighted by Crippen LogP contribution is 2.24. The average Bonchev–Trinajstić information content (AvgIpc) is 2.72. The topological polar surface area (TPSA) is 68.3 Å². The Balaban J connectivity index is 1.87. The third-order valence-corrected chi connectivity index (χ3v) is 4.11. The number of amides is 1. The van der Waals surface area contributed by atoms with Gasteiger partial charge in [0.05, 0.1) is 17.8 Å². The highest BCUT2D eigenvalue weighted by atomic mass is 16.5. The number of nitrogens with one attached hydrogen (secondary N) is 1. The standard InChI is InChI=1S/C23H20N2O3/c1-3-28-21(26)14-13-16(2)18-10-4-5-11-19(18)23(27)25-20-12-6-8-17-9-7-15-24-22(17)20/h4-15H,2-3H2,1H3,(H,25,27)/b14-13+. The first-order chi connectivity index (χ1) is 13.6. The number of pyridine rings is 1. The van der Waals surface area contributed by atoms with Gasteiger partial charge in [-0.2, -0.15) is 0 Å². The molecule has 2 aromatic carbocycles. The van der Waals surface area contributed by atoms with Gasteiger partial charge in [0.15, 0.2) is 0 Å². The smallest absolute Gasteiger partial charge is 0.330 e. The number of rotatable bonds is 6. The highest BCUT2D eigenvalue weighted by molar-refractivity contribution is 6.11. The first kappa shape index (κ1) is 19.0. The Morgan fingerprint density at radius 3 is 2.57 bits per heavy atom. The molecule has 1 amide bonds. The zero-order valence-corrected chi connectivity index (χ0v) is 15.5. The summed E-state index contributed by atoms with van der Waals surface area (Å²) >= 11 is 0. The Morgan fingerprint density at radius 2 is 1.79 bits per heavy atom. The predicted octanol–water partition coefficient (Wildman–Crippen LogP) is 4.62. The third-order valence-electron chi connectivity index (χ3n) is 4.11. The van der Waals surface area contributed by atoms with Crippen LogP contribution in [0.25, 0.3) is 16.5 Å². The zero-order chi connectivity index (χ0) is 19.9. The van der Waals surface area contributed by atoms with Crippen LogP contribution in [-0.2, 0) is 9.53 Å². The minimum absolute atomic E-state index is 0.278. The lowest BCUT2D eigenvalue weighted by atomic mass is 9.99. The first-order valence-corrected chi connectivity index (χ1v) is 8.88. The van der Waals surface area contributed by atoms with Crippen molar-refractivity contribution in [3.8, 4) is 0 Å². The van der Waals surface area contributed by atoms with Gasteiger partial charge in [-0.05, 0) is 42.3 Å². The number of anilines is 1. The summed E-state index contributed by atoms with van der Waals surface area (Å²) in [5, 5.41) is 3.86. The van der Waals surface area contributed by atoms with Crippen molar-refractivity contribution < 1.29 is 14.3 Å². The van der Waals surface area contributed by atoms with Crippen molar-refractivity contribution in [2.75, 3.05) is 11.9 Å². The summed E-state index contributed by atoms with van der Waals surface area (Å²) in [6.07, 6.45) is 4.53. The molecule has 140 valence electrons. The van der Waals surface area contributed by atoms with Crippen LogP contribution in [0.4, 0.5) is 5.69 Å². The van der Waals surface area contributed by atoms with E-state index in [9.17, 15) is 9.59 Å². The van der Waals surface area contributed by atoms with Crippen LogP contribution in [0.5, 0.6) is 0 Å². The molecule has 28 heavy (non-hydrogen) atoms. The molecule has 0 aliphatic carbocycles. The van der Waals surface area contributed by atoms with Crippen molar-refractivity contribution >= 4 is 34.0 Å². The maximum atomic E-state index is 12.9. The Labute approximate surface area is 163 Å². The molecule has 0 radical (unpaired) electrons. The van der Waals surface area contributed by atoms with Crippen LogP contribution in [0.15, 0.2) is 79.5 Å². The van der Waals surface area contributed by atoms with E-state index in [1.54, 1.807) is 37.4 Å². The van der Waals surface area contributed by atoms with E-state index in [0.717, 1.165) is 10.9 Å². The van der Waals surface area contributed by atoms with Crippen LogP contribution in [0.1, 0.15) is 22.8 Å². The Bertz CT molecular complexity index is 1060. The fourth-order valence-electron chi connectivity index (χ4n) is 2.80. The number of para-hydroxylation sites is 1. The second-order valence-corrected chi connectivity index (χ2v) is 5.99. The summed E-state index contributed by atoms with van der Waals surface area (Å²) in [5.41, 5.74) is 2.97. The molecule has 0 aliphatic heterocycles. The van der Waals surface area contributed by atoms with E-state index in [4.69, 9.17) is 4.74 Å². The summed E-state index contributed by atoms with van der Waals surface area (Å²) in [6.45, 7) is 6.01. The molecule has 1 aromatic heterocycles. The molecule has 0 aliphatic rings. The van der Waals surface area contributed by atoms with Crippen molar-refractivity contribution in [3.63, 3.8) is 0 Å². The number of hydrogen-bond acceptors (Lipinski definition) is 4. The molecule has 3 rings (SSSR count). The van der Waals surface area contributed by atoms with E-state index >= 15 is 0 Å². The van der Waals surface area contributed by atoms with Crippen LogP contribution >= 0.6 is 0 Å². The van der Waals surface area contributed by atoms with Gasteiger partial charge in [-0.25, -0.2) is 4.79 Å². The average molecular weight is 372 g/mol. The van der Waals surface area contributed by atoms with Gasteiger partial charge in [-0.15, -0.1) is 0 Å². The Kier molecular flexibility index (Phi) is 5.97. The van der Waals surface area contributed by atoms with E-state index in [0.29, 0.717) is 29.0 Å². The molecule has 1 N–H and O–H groups in total. The number of carbonyl (C=O) groups excluding carboxylic acids is 2. The van der Waals surface area contributed by atoms with Crippen molar-refractivity contribution in [3.05, 3.63) is 90.7 Å². The van der Waals surface area contributed by atoms with Crippen molar-refractivity contribution in [2.45, 2.75) is 6.92 Å². The van der Waals surface area contributed by atoms with E-state index in [1.165, 1.54) is 6.08 Å². The van der Waals surface area contributed by atoms with Gasteiger partial charge in [0.2, 0.25) is 0 Å². The summed E-state index contributed by atoms with van der Waals surface area (Å²) < 4.78 is 4.87. The molecule has 0 bridgehead atoms. The van der Waals surface area contributed by atoms with Gasteiger partial charge < -0.3 is 10.1 Å². The largest absolute Gasteiger partial charge is 0.463 e. The second kappa shape index (κ2) is 8.77. The SMILES string of the molecule is C=C(/C=C/C(=O)OCC)c1ccccc1C(=O)Nc1cccc2cccnc12. The number of esters is 1. The van der Waals surface area contributed by atoms with Crippen molar-refractivity contribution in [1.82, 2.24) is 4.98 Å². The van der Waals surface area contributed by atoms with E-state index in [2.05, 4.69) is 16.9 Å². The van der Waals surface area contributed by atoms with Crippen LogP contribution in [0, 0.1) is 0 Å². The van der Waals surface area contributed by atoms with Gasteiger partial charge in [0.25, 0.3) is 5.91 Å². The lowest BCUT2D eigenvalue weighted by Crippen LogP contribution is -2.14. The molecular formula is C23H20N2O3. The molecule has 5 nitrogen and oxygen atoms in total. The summed E-state index contributed by atoms with van der Waals surface area (Å²) in [6, 6.07) is 16.5. The summed E-state index contributed by atoms with van der Waals surface area (Å²) in [5.74, 6) is -0.730. The number of allylic oxidation sites excluding steroid dienone is 2. The molecule has 1 heterocycles. The first-order valence-electron chi connectivity index (χ1n) is 8.88. The predicted molar refractivity (Wildman–Crippen MR) is 111 cm³/mol. The van der Waals surface area contributed by atoms with Crippen LogP contribution in [0.3, 0.4) is 0 Å². The minimum Gasteiger partial charge on any atom is -0.463 e. The van der Waals surface area contributed by atoms with Crippen molar-refractivity contribution in [2.24, 2.45) is 0 Å². The van der Waals surface area contributed by atoms with Crippen LogP contribution < -0.4 is 5.32 Å². The number of benzene rings is 2. The summed E-state index contributed by atoms with van der Waals surface area (Å²) in [4.78, 5) is 28.8. The highest BCUT2D eigenvalue weighted by Gasteiger charge is 2.14.